The van der Waals surface area contributed by atoms with Crippen molar-refractivity contribution in [1.82, 2.24) is 19.4 Å². The Morgan fingerprint density at radius 2 is 1.67 bits per heavy atom. The minimum atomic E-state index is 0.0700. The molecule has 7 heteroatoms. The highest BCUT2D eigenvalue weighted by Gasteiger charge is 2.24. The summed E-state index contributed by atoms with van der Waals surface area (Å²) in [7, 11) is 1.93. The van der Waals surface area contributed by atoms with E-state index in [0.29, 0.717) is 19.2 Å². The molecule has 1 aromatic heterocycles. The fourth-order valence-electron chi connectivity index (χ4n) is 6.57. The standard InChI is InChI=1S/C38H45N5O2/c1-3-45-26-25-43-36-16-10-9-15-35(36)40-38(43)39-34-20-23-42(24-21-34)22-19-33(28-41(2)37(44)30-12-5-4-6-13-30)32-18-17-29-11-7-8-14-31(29)27-32/h4-18,27,33-34H,3,19-26,28H2,1-2H3,(H,39,40). The molecule has 6 rings (SSSR count). The molecule has 1 unspecified atom stereocenters. The third-order valence-electron chi connectivity index (χ3n) is 9.14. The summed E-state index contributed by atoms with van der Waals surface area (Å²) in [6.45, 7) is 7.98. The lowest BCUT2D eigenvalue weighted by molar-refractivity contribution is 0.0782. The van der Waals surface area contributed by atoms with Gasteiger partial charge in [-0.25, -0.2) is 4.98 Å². The van der Waals surface area contributed by atoms with Gasteiger partial charge in [-0.2, -0.15) is 0 Å². The molecule has 4 aromatic carbocycles. The van der Waals surface area contributed by atoms with Crippen molar-refractivity contribution in [3.8, 4) is 0 Å². The van der Waals surface area contributed by atoms with Gasteiger partial charge in [0.2, 0.25) is 5.95 Å². The molecule has 0 aliphatic carbocycles. The Hall–Kier alpha value is -4.20. The van der Waals surface area contributed by atoms with Crippen LogP contribution in [0.15, 0.2) is 97.1 Å². The second-order valence-corrected chi connectivity index (χ2v) is 12.2. The Labute approximate surface area is 266 Å². The monoisotopic (exact) mass is 603 g/mol. The number of hydrogen-bond acceptors (Lipinski definition) is 5. The Balaban J connectivity index is 1.10. The molecule has 1 atom stereocenters. The summed E-state index contributed by atoms with van der Waals surface area (Å²) in [4.78, 5) is 22.7. The van der Waals surface area contributed by atoms with Gasteiger partial charge in [-0.05, 0) is 73.3 Å². The first-order valence-corrected chi connectivity index (χ1v) is 16.4. The van der Waals surface area contributed by atoms with E-state index in [9.17, 15) is 4.79 Å². The molecular weight excluding hydrogens is 558 g/mol. The molecule has 7 nitrogen and oxygen atoms in total. The van der Waals surface area contributed by atoms with Gasteiger partial charge in [-0.3, -0.25) is 4.79 Å². The van der Waals surface area contributed by atoms with E-state index in [1.54, 1.807) is 0 Å². The van der Waals surface area contributed by atoms with Crippen LogP contribution in [-0.4, -0.2) is 77.7 Å². The Morgan fingerprint density at radius 3 is 2.47 bits per heavy atom. The smallest absolute Gasteiger partial charge is 0.253 e. The van der Waals surface area contributed by atoms with Crippen molar-refractivity contribution in [2.75, 3.05) is 51.8 Å². The van der Waals surface area contributed by atoms with Gasteiger partial charge < -0.3 is 24.4 Å². The fourth-order valence-corrected chi connectivity index (χ4v) is 6.57. The van der Waals surface area contributed by atoms with Crippen LogP contribution in [0, 0.1) is 0 Å². The van der Waals surface area contributed by atoms with Crippen molar-refractivity contribution in [1.29, 1.82) is 0 Å². The first kappa shape index (κ1) is 30.8. The number of anilines is 1. The number of imidazole rings is 1. The van der Waals surface area contributed by atoms with Crippen LogP contribution in [0.3, 0.4) is 0 Å². The van der Waals surface area contributed by atoms with Crippen LogP contribution in [0.4, 0.5) is 5.95 Å². The second-order valence-electron chi connectivity index (χ2n) is 12.2. The molecule has 2 heterocycles. The van der Waals surface area contributed by atoms with Crippen LogP contribution in [-0.2, 0) is 11.3 Å². The van der Waals surface area contributed by atoms with Crippen LogP contribution in [0.2, 0.25) is 0 Å². The lowest BCUT2D eigenvalue weighted by atomic mass is 9.92. The number of likely N-dealkylation sites (tertiary alicyclic amines) is 1. The summed E-state index contributed by atoms with van der Waals surface area (Å²) in [5.41, 5.74) is 4.19. The Bertz CT molecular complexity index is 1690. The molecule has 1 saturated heterocycles. The molecule has 5 aromatic rings. The Morgan fingerprint density at radius 1 is 0.933 bits per heavy atom. The number of para-hydroxylation sites is 2. The predicted octanol–water partition coefficient (Wildman–Crippen LogP) is 7.05. The summed E-state index contributed by atoms with van der Waals surface area (Å²) in [6, 6.07) is 33.6. The lowest BCUT2D eigenvalue weighted by Gasteiger charge is -2.34. The third kappa shape index (κ3) is 7.55. The number of carbonyl (C=O) groups is 1. The minimum absolute atomic E-state index is 0.0700. The minimum Gasteiger partial charge on any atom is -0.380 e. The largest absolute Gasteiger partial charge is 0.380 e. The molecule has 1 fully saturated rings. The van der Waals surface area contributed by atoms with Crippen LogP contribution >= 0.6 is 0 Å². The summed E-state index contributed by atoms with van der Waals surface area (Å²) in [5, 5.41) is 6.27. The maximum absolute atomic E-state index is 13.3. The number of carbonyl (C=O) groups excluding carboxylic acids is 1. The van der Waals surface area contributed by atoms with Crippen LogP contribution in [0.25, 0.3) is 21.8 Å². The van der Waals surface area contributed by atoms with E-state index in [0.717, 1.165) is 74.6 Å². The molecule has 45 heavy (non-hydrogen) atoms. The number of hydrogen-bond donors (Lipinski definition) is 1. The fraction of sp³-hybridized carbons (Fsp3) is 0.368. The summed E-state index contributed by atoms with van der Waals surface area (Å²) >= 11 is 0. The zero-order valence-electron chi connectivity index (χ0n) is 26.6. The SMILES string of the molecule is CCOCCn1c(NC2CCN(CCC(CN(C)C(=O)c3ccccc3)c3ccc4ccccc4c3)CC2)nc2ccccc21. The molecule has 1 amide bonds. The third-order valence-corrected chi connectivity index (χ3v) is 9.14. The predicted molar refractivity (Wildman–Crippen MR) is 184 cm³/mol. The normalized spacial score (nSPS) is 15.0. The number of amides is 1. The molecule has 1 aliphatic heterocycles. The number of likely N-dealkylation sites (N-methyl/N-ethyl adjacent to an activating group) is 1. The van der Waals surface area contributed by atoms with Gasteiger partial charge in [0.15, 0.2) is 0 Å². The number of nitrogens with zero attached hydrogens (tertiary/aromatic N) is 4. The van der Waals surface area contributed by atoms with Gasteiger partial charge in [0.25, 0.3) is 5.91 Å². The zero-order valence-corrected chi connectivity index (χ0v) is 26.6. The molecule has 0 radical (unpaired) electrons. The van der Waals surface area contributed by atoms with E-state index in [-0.39, 0.29) is 11.8 Å². The summed E-state index contributed by atoms with van der Waals surface area (Å²) in [5.74, 6) is 1.26. The molecule has 1 N–H and O–H groups in total. The van der Waals surface area contributed by atoms with Gasteiger partial charge in [-0.1, -0.05) is 72.8 Å². The van der Waals surface area contributed by atoms with Crippen LogP contribution in [0.1, 0.15) is 48.0 Å². The summed E-state index contributed by atoms with van der Waals surface area (Å²) in [6.07, 6.45) is 3.14. The topological polar surface area (TPSA) is 62.6 Å². The lowest BCUT2D eigenvalue weighted by Crippen LogP contribution is -2.40. The maximum atomic E-state index is 13.3. The van der Waals surface area contributed by atoms with Crippen molar-refractivity contribution in [3.63, 3.8) is 0 Å². The average molecular weight is 604 g/mol. The molecule has 234 valence electrons. The maximum Gasteiger partial charge on any atom is 0.253 e. The van der Waals surface area contributed by atoms with E-state index in [2.05, 4.69) is 75.4 Å². The van der Waals surface area contributed by atoms with E-state index >= 15 is 0 Å². The van der Waals surface area contributed by atoms with E-state index < -0.39 is 0 Å². The van der Waals surface area contributed by atoms with Crippen LogP contribution < -0.4 is 5.32 Å². The van der Waals surface area contributed by atoms with Crippen molar-refractivity contribution < 1.29 is 9.53 Å². The number of rotatable bonds is 13. The number of ether oxygens (including phenoxy) is 1. The Kier molecular flexibility index (Phi) is 10.1. The zero-order chi connectivity index (χ0) is 31.0. The van der Waals surface area contributed by atoms with E-state index in [4.69, 9.17) is 9.72 Å². The number of nitrogens with one attached hydrogen (secondary N) is 1. The second kappa shape index (κ2) is 14.7. The number of benzene rings is 4. The number of fused-ring (bicyclic) bond motifs is 2. The average Bonchev–Trinajstić information content (AvgIpc) is 3.43. The highest BCUT2D eigenvalue weighted by molar-refractivity contribution is 5.94. The number of piperidine rings is 1. The highest BCUT2D eigenvalue weighted by Crippen LogP contribution is 2.27. The van der Waals surface area contributed by atoms with Crippen molar-refractivity contribution in [2.24, 2.45) is 0 Å². The van der Waals surface area contributed by atoms with E-state index in [1.807, 2.05) is 55.3 Å². The van der Waals surface area contributed by atoms with Gasteiger partial charge in [0.05, 0.1) is 17.6 Å². The molecule has 1 aliphatic rings. The molecule has 0 saturated carbocycles. The van der Waals surface area contributed by atoms with Crippen molar-refractivity contribution >= 4 is 33.7 Å². The highest BCUT2D eigenvalue weighted by atomic mass is 16.5. The van der Waals surface area contributed by atoms with Gasteiger partial charge in [0, 0.05) is 57.4 Å². The van der Waals surface area contributed by atoms with Gasteiger partial charge in [0.1, 0.15) is 0 Å². The van der Waals surface area contributed by atoms with Crippen molar-refractivity contribution in [2.45, 2.75) is 44.7 Å². The number of aromatic nitrogens is 2. The molecular formula is C38H45N5O2. The molecule has 0 bridgehead atoms. The van der Waals surface area contributed by atoms with E-state index in [1.165, 1.54) is 16.3 Å². The van der Waals surface area contributed by atoms with Crippen LogP contribution in [0.5, 0.6) is 0 Å². The van der Waals surface area contributed by atoms with Gasteiger partial charge in [-0.15, -0.1) is 0 Å². The van der Waals surface area contributed by atoms with Crippen molar-refractivity contribution in [3.05, 3.63) is 108 Å². The first-order valence-electron chi connectivity index (χ1n) is 16.4. The summed E-state index contributed by atoms with van der Waals surface area (Å²) < 4.78 is 7.93. The van der Waals surface area contributed by atoms with Gasteiger partial charge >= 0.3 is 0 Å². The first-order chi connectivity index (χ1) is 22.1. The molecule has 0 spiro atoms. The quantitative estimate of drug-likeness (QED) is 0.146.